The second-order valence-electron chi connectivity index (χ2n) is 5.33. The third-order valence-electron chi connectivity index (χ3n) is 3.92. The van der Waals surface area contributed by atoms with Gasteiger partial charge in [-0.05, 0) is 45.4 Å². The summed E-state index contributed by atoms with van der Waals surface area (Å²) in [7, 11) is 0. The van der Waals surface area contributed by atoms with Crippen molar-refractivity contribution in [1.82, 2.24) is 10.2 Å². The number of nitrogens with two attached hydrogens (primary N) is 1. The number of hydrogen-bond donors (Lipinski definition) is 2. The van der Waals surface area contributed by atoms with Gasteiger partial charge in [-0.2, -0.15) is 0 Å². The van der Waals surface area contributed by atoms with E-state index in [0.29, 0.717) is 31.5 Å². The summed E-state index contributed by atoms with van der Waals surface area (Å²) >= 11 is 0. The van der Waals surface area contributed by atoms with E-state index in [-0.39, 0.29) is 18.4 Å². The van der Waals surface area contributed by atoms with Crippen molar-refractivity contribution in [2.24, 2.45) is 11.7 Å². The van der Waals surface area contributed by atoms with E-state index in [1.807, 2.05) is 13.8 Å². The Hall–Kier alpha value is -1.10. The van der Waals surface area contributed by atoms with Crippen LogP contribution in [0.5, 0.6) is 0 Å². The van der Waals surface area contributed by atoms with Crippen LogP contribution in [0.15, 0.2) is 0 Å². The Morgan fingerprint density at radius 2 is 1.74 bits per heavy atom. The van der Waals surface area contributed by atoms with E-state index in [1.165, 1.54) is 0 Å². The molecule has 0 bridgehead atoms. The maximum absolute atomic E-state index is 11.8. The zero-order chi connectivity index (χ0) is 14.3. The first-order chi connectivity index (χ1) is 9.06. The molecule has 0 spiro atoms. The number of nitrogens with one attached hydrogen (secondary N) is 1. The van der Waals surface area contributed by atoms with Gasteiger partial charge >= 0.3 is 0 Å². The van der Waals surface area contributed by atoms with E-state index in [1.54, 1.807) is 4.90 Å². The number of carbonyl (C=O) groups is 2. The fourth-order valence-corrected chi connectivity index (χ4v) is 2.59. The molecule has 0 aliphatic heterocycles. The van der Waals surface area contributed by atoms with Gasteiger partial charge in [0.25, 0.3) is 0 Å². The van der Waals surface area contributed by atoms with Crippen LogP contribution in [-0.2, 0) is 9.59 Å². The molecule has 2 amide bonds. The molecule has 1 saturated carbocycles. The molecule has 1 rings (SSSR count). The van der Waals surface area contributed by atoms with Crippen molar-refractivity contribution < 1.29 is 9.59 Å². The Balaban J connectivity index is 2.22. The minimum atomic E-state index is -0.0130. The fourth-order valence-electron chi connectivity index (χ4n) is 2.59. The Morgan fingerprint density at radius 1 is 1.16 bits per heavy atom. The second-order valence-corrected chi connectivity index (χ2v) is 5.33. The van der Waals surface area contributed by atoms with Crippen molar-refractivity contribution in [3.63, 3.8) is 0 Å². The van der Waals surface area contributed by atoms with Crippen molar-refractivity contribution in [1.29, 1.82) is 0 Å². The van der Waals surface area contributed by atoms with E-state index in [2.05, 4.69) is 5.32 Å². The molecule has 0 aromatic rings. The summed E-state index contributed by atoms with van der Waals surface area (Å²) in [4.78, 5) is 25.2. The lowest BCUT2D eigenvalue weighted by molar-refractivity contribution is -0.132. The minimum Gasteiger partial charge on any atom is -0.347 e. The first kappa shape index (κ1) is 16.0. The molecule has 5 heteroatoms. The molecule has 1 aliphatic carbocycles. The summed E-state index contributed by atoms with van der Waals surface area (Å²) in [6, 6.07) is 0.309. The van der Waals surface area contributed by atoms with Gasteiger partial charge in [0.15, 0.2) is 0 Å². The topological polar surface area (TPSA) is 75.4 Å². The van der Waals surface area contributed by atoms with Crippen molar-refractivity contribution in [3.05, 3.63) is 0 Å². The molecule has 0 heterocycles. The standard InChI is InChI=1S/C14H27N3O2/c1-3-17(4-2)14(19)10-16-13(18)9-11-5-7-12(15)8-6-11/h11-12H,3-10,15H2,1-2H3,(H,16,18). The van der Waals surface area contributed by atoms with E-state index in [4.69, 9.17) is 5.73 Å². The molecule has 0 aromatic carbocycles. The van der Waals surface area contributed by atoms with Gasteiger partial charge in [-0.1, -0.05) is 0 Å². The van der Waals surface area contributed by atoms with Gasteiger partial charge < -0.3 is 16.0 Å². The van der Waals surface area contributed by atoms with Crippen molar-refractivity contribution in [2.45, 2.75) is 52.0 Å². The summed E-state index contributed by atoms with van der Waals surface area (Å²) < 4.78 is 0. The molecule has 0 unspecified atom stereocenters. The zero-order valence-corrected chi connectivity index (χ0v) is 12.2. The average molecular weight is 269 g/mol. The van der Waals surface area contributed by atoms with Crippen LogP contribution in [-0.4, -0.2) is 42.4 Å². The predicted molar refractivity (Wildman–Crippen MR) is 75.5 cm³/mol. The van der Waals surface area contributed by atoms with Crippen LogP contribution >= 0.6 is 0 Å². The van der Waals surface area contributed by atoms with Gasteiger partial charge in [0.2, 0.25) is 11.8 Å². The number of likely N-dealkylation sites (N-methyl/N-ethyl adjacent to an activating group) is 1. The number of hydrogen-bond acceptors (Lipinski definition) is 3. The van der Waals surface area contributed by atoms with Gasteiger partial charge in [0.05, 0.1) is 6.54 Å². The van der Waals surface area contributed by atoms with Crippen LogP contribution in [0.2, 0.25) is 0 Å². The lowest BCUT2D eigenvalue weighted by Gasteiger charge is -2.25. The van der Waals surface area contributed by atoms with E-state index in [9.17, 15) is 9.59 Å². The van der Waals surface area contributed by atoms with Gasteiger partial charge in [-0.25, -0.2) is 0 Å². The van der Waals surface area contributed by atoms with Crippen LogP contribution < -0.4 is 11.1 Å². The van der Waals surface area contributed by atoms with Gasteiger partial charge in [0, 0.05) is 25.6 Å². The highest BCUT2D eigenvalue weighted by molar-refractivity contribution is 5.84. The van der Waals surface area contributed by atoms with Crippen LogP contribution in [0.1, 0.15) is 46.0 Å². The van der Waals surface area contributed by atoms with Gasteiger partial charge in [0.1, 0.15) is 0 Å². The van der Waals surface area contributed by atoms with Crippen LogP contribution in [0, 0.1) is 5.92 Å². The molecule has 0 radical (unpaired) electrons. The summed E-state index contributed by atoms with van der Waals surface area (Å²) in [6.45, 7) is 5.37. The average Bonchev–Trinajstić information content (AvgIpc) is 2.40. The highest BCUT2D eigenvalue weighted by atomic mass is 16.2. The lowest BCUT2D eigenvalue weighted by atomic mass is 9.84. The Kier molecular flexibility index (Phi) is 6.84. The Morgan fingerprint density at radius 3 is 2.26 bits per heavy atom. The lowest BCUT2D eigenvalue weighted by Crippen LogP contribution is -2.40. The molecule has 0 saturated heterocycles. The zero-order valence-electron chi connectivity index (χ0n) is 12.2. The van der Waals surface area contributed by atoms with Crippen molar-refractivity contribution >= 4 is 11.8 Å². The Labute approximate surface area is 115 Å². The van der Waals surface area contributed by atoms with Crippen LogP contribution in [0.25, 0.3) is 0 Å². The van der Waals surface area contributed by atoms with Crippen molar-refractivity contribution in [3.8, 4) is 0 Å². The number of nitrogens with zero attached hydrogens (tertiary/aromatic N) is 1. The number of carbonyl (C=O) groups excluding carboxylic acids is 2. The maximum Gasteiger partial charge on any atom is 0.241 e. The number of rotatable bonds is 6. The van der Waals surface area contributed by atoms with Crippen LogP contribution in [0.3, 0.4) is 0 Å². The third kappa shape index (κ3) is 5.59. The quantitative estimate of drug-likeness (QED) is 0.751. The molecule has 0 aromatic heterocycles. The monoisotopic (exact) mass is 269 g/mol. The summed E-state index contributed by atoms with van der Waals surface area (Å²) in [5, 5.41) is 2.73. The third-order valence-corrected chi connectivity index (χ3v) is 3.92. The highest BCUT2D eigenvalue weighted by Crippen LogP contribution is 2.25. The predicted octanol–water partition coefficient (Wildman–Crippen LogP) is 0.879. The summed E-state index contributed by atoms with van der Waals surface area (Å²) in [5.41, 5.74) is 5.84. The normalized spacial score (nSPS) is 22.9. The summed E-state index contributed by atoms with van der Waals surface area (Å²) in [5.74, 6) is 0.411. The molecule has 5 nitrogen and oxygen atoms in total. The molecule has 0 atom stereocenters. The molecule has 3 N–H and O–H groups in total. The van der Waals surface area contributed by atoms with Crippen LogP contribution in [0.4, 0.5) is 0 Å². The summed E-state index contributed by atoms with van der Waals surface area (Å²) in [6.07, 6.45) is 4.60. The first-order valence-corrected chi connectivity index (χ1v) is 7.36. The molecular weight excluding hydrogens is 242 g/mol. The molecular formula is C14H27N3O2. The largest absolute Gasteiger partial charge is 0.347 e. The highest BCUT2D eigenvalue weighted by Gasteiger charge is 2.21. The molecule has 19 heavy (non-hydrogen) atoms. The molecule has 1 fully saturated rings. The SMILES string of the molecule is CCN(CC)C(=O)CNC(=O)CC1CCC(N)CC1. The molecule has 110 valence electrons. The molecule has 1 aliphatic rings. The van der Waals surface area contributed by atoms with E-state index in [0.717, 1.165) is 25.7 Å². The van der Waals surface area contributed by atoms with Gasteiger partial charge in [-0.3, -0.25) is 9.59 Å². The minimum absolute atomic E-state index is 0.0102. The Bertz CT molecular complexity index is 295. The van der Waals surface area contributed by atoms with E-state index < -0.39 is 0 Å². The maximum atomic E-state index is 11.8. The first-order valence-electron chi connectivity index (χ1n) is 7.36. The second kappa shape index (κ2) is 8.15. The smallest absolute Gasteiger partial charge is 0.241 e. The number of amides is 2. The van der Waals surface area contributed by atoms with E-state index >= 15 is 0 Å². The van der Waals surface area contributed by atoms with Crippen molar-refractivity contribution in [2.75, 3.05) is 19.6 Å². The fraction of sp³-hybridized carbons (Fsp3) is 0.857. The van der Waals surface area contributed by atoms with Gasteiger partial charge in [-0.15, -0.1) is 0 Å².